The van der Waals surface area contributed by atoms with Crippen LogP contribution >= 0.6 is 23.2 Å². The van der Waals surface area contributed by atoms with E-state index in [0.717, 1.165) is 6.29 Å². The van der Waals surface area contributed by atoms with Crippen molar-refractivity contribution < 1.29 is 4.79 Å². The van der Waals surface area contributed by atoms with Crippen molar-refractivity contribution in [1.82, 2.24) is 0 Å². The Morgan fingerprint density at radius 2 is 1.91 bits per heavy atom. The van der Waals surface area contributed by atoms with Crippen LogP contribution < -0.4 is 0 Å². The molecule has 11 heavy (non-hydrogen) atoms. The summed E-state index contributed by atoms with van der Waals surface area (Å²) in [6.45, 7) is 4.06. The number of rotatable bonds is 2. The third-order valence-electron chi connectivity index (χ3n) is 2.45. The Kier molecular flexibility index (Phi) is 2.31. The predicted molar refractivity (Wildman–Crippen MR) is 46.6 cm³/mol. The largest absolute Gasteiger partial charge is 0.303 e. The molecule has 1 aliphatic carbocycles. The smallest absolute Gasteiger partial charge is 0.124 e. The molecule has 1 nitrogen and oxygen atoms in total. The van der Waals surface area contributed by atoms with Gasteiger partial charge >= 0.3 is 0 Å². The van der Waals surface area contributed by atoms with Gasteiger partial charge in [0.25, 0.3) is 0 Å². The third kappa shape index (κ3) is 1.60. The van der Waals surface area contributed by atoms with Gasteiger partial charge in [-0.05, 0) is 17.4 Å². The summed E-state index contributed by atoms with van der Waals surface area (Å²) in [5, 5.41) is 0. The van der Waals surface area contributed by atoms with Crippen molar-refractivity contribution in [1.29, 1.82) is 0 Å². The van der Waals surface area contributed by atoms with Crippen molar-refractivity contribution in [2.45, 2.75) is 13.8 Å². The molecule has 3 heteroatoms. The van der Waals surface area contributed by atoms with Crippen LogP contribution in [-0.2, 0) is 4.79 Å². The van der Waals surface area contributed by atoms with Crippen molar-refractivity contribution in [3.63, 3.8) is 0 Å². The Balaban J connectivity index is 2.67. The van der Waals surface area contributed by atoms with E-state index < -0.39 is 0 Å². The van der Waals surface area contributed by atoms with Crippen LogP contribution in [0.15, 0.2) is 10.6 Å². The summed E-state index contributed by atoms with van der Waals surface area (Å²) >= 11 is 10.9. The zero-order chi connectivity index (χ0) is 8.65. The fourth-order valence-electron chi connectivity index (χ4n) is 1.43. The van der Waals surface area contributed by atoms with Crippen molar-refractivity contribution in [3.8, 4) is 0 Å². The minimum atomic E-state index is 0.0524. The lowest BCUT2D eigenvalue weighted by Crippen LogP contribution is -1.89. The van der Waals surface area contributed by atoms with E-state index in [-0.39, 0.29) is 21.7 Å². The van der Waals surface area contributed by atoms with Crippen molar-refractivity contribution >= 4 is 29.5 Å². The molecule has 1 saturated carbocycles. The maximum atomic E-state index is 10.5. The topological polar surface area (TPSA) is 17.1 Å². The van der Waals surface area contributed by atoms with Crippen LogP contribution in [0.2, 0.25) is 0 Å². The van der Waals surface area contributed by atoms with E-state index in [1.807, 2.05) is 13.8 Å². The summed E-state index contributed by atoms with van der Waals surface area (Å²) in [5.41, 5.74) is 0.0524. The summed E-state index contributed by atoms with van der Waals surface area (Å²) < 4.78 is 0.257. The first-order chi connectivity index (χ1) is 5.00. The van der Waals surface area contributed by atoms with E-state index in [2.05, 4.69) is 0 Å². The van der Waals surface area contributed by atoms with Gasteiger partial charge in [-0.2, -0.15) is 0 Å². The van der Waals surface area contributed by atoms with Crippen LogP contribution in [0.1, 0.15) is 13.8 Å². The summed E-state index contributed by atoms with van der Waals surface area (Å²) in [7, 11) is 0. The molecule has 0 bridgehead atoms. The van der Waals surface area contributed by atoms with E-state index in [4.69, 9.17) is 23.2 Å². The molecule has 62 valence electrons. The van der Waals surface area contributed by atoms with E-state index in [1.54, 1.807) is 6.08 Å². The number of hydrogen-bond acceptors (Lipinski definition) is 1. The first-order valence-electron chi connectivity index (χ1n) is 3.48. The van der Waals surface area contributed by atoms with Gasteiger partial charge in [-0.1, -0.05) is 37.0 Å². The van der Waals surface area contributed by atoms with Crippen LogP contribution in [-0.4, -0.2) is 6.29 Å². The molecule has 0 unspecified atom stereocenters. The fourth-order valence-corrected chi connectivity index (χ4v) is 1.70. The monoisotopic (exact) mass is 192 g/mol. The van der Waals surface area contributed by atoms with Gasteiger partial charge < -0.3 is 4.79 Å². The molecule has 1 fully saturated rings. The van der Waals surface area contributed by atoms with E-state index >= 15 is 0 Å². The maximum absolute atomic E-state index is 10.5. The molecule has 0 spiro atoms. The Labute approximate surface area is 76.4 Å². The van der Waals surface area contributed by atoms with Gasteiger partial charge in [0.15, 0.2) is 0 Å². The lowest BCUT2D eigenvalue weighted by Gasteiger charge is -1.95. The Morgan fingerprint density at radius 3 is 2.18 bits per heavy atom. The minimum Gasteiger partial charge on any atom is -0.303 e. The van der Waals surface area contributed by atoms with Gasteiger partial charge in [0, 0.05) is 5.92 Å². The summed E-state index contributed by atoms with van der Waals surface area (Å²) in [6, 6.07) is 0. The average Bonchev–Trinajstić information content (AvgIpc) is 2.33. The van der Waals surface area contributed by atoms with Crippen LogP contribution in [0, 0.1) is 17.3 Å². The normalized spacial score (nSPS) is 32.7. The van der Waals surface area contributed by atoms with Gasteiger partial charge in [0.2, 0.25) is 0 Å². The highest BCUT2D eigenvalue weighted by atomic mass is 35.5. The highest BCUT2D eigenvalue weighted by molar-refractivity contribution is 6.55. The summed E-state index contributed by atoms with van der Waals surface area (Å²) in [5.74, 6) is 0.319. The quantitative estimate of drug-likeness (QED) is 0.616. The zero-order valence-electron chi connectivity index (χ0n) is 6.47. The van der Waals surface area contributed by atoms with Crippen molar-refractivity contribution in [2.24, 2.45) is 17.3 Å². The summed E-state index contributed by atoms with van der Waals surface area (Å²) in [4.78, 5) is 10.5. The molecule has 0 heterocycles. The Morgan fingerprint density at radius 1 is 1.36 bits per heavy atom. The fraction of sp³-hybridized carbons (Fsp3) is 0.625. The molecular formula is C8H10Cl2O. The van der Waals surface area contributed by atoms with Crippen LogP contribution in [0.3, 0.4) is 0 Å². The highest BCUT2D eigenvalue weighted by Crippen LogP contribution is 2.58. The van der Waals surface area contributed by atoms with Gasteiger partial charge in [-0.15, -0.1) is 0 Å². The number of carbonyl (C=O) groups is 1. The molecule has 2 atom stereocenters. The second-order valence-electron chi connectivity index (χ2n) is 3.47. The average molecular weight is 193 g/mol. The Hall–Kier alpha value is -0.0100. The second-order valence-corrected chi connectivity index (χ2v) is 4.47. The number of carbonyl (C=O) groups excluding carboxylic acids is 1. The molecule has 0 N–H and O–H groups in total. The molecule has 0 amide bonds. The van der Waals surface area contributed by atoms with Gasteiger partial charge in [0.1, 0.15) is 10.8 Å². The standard InChI is InChI=1S/C8H10Cl2O/c1-8(2)5(3-7(9)10)6(8)4-11/h3-6H,1-2H3/t5-,6-/m1/s1. The predicted octanol–water partition coefficient (Wildman–Crippen LogP) is 2.78. The summed E-state index contributed by atoms with van der Waals surface area (Å²) in [6.07, 6.45) is 2.71. The second kappa shape index (κ2) is 2.80. The van der Waals surface area contributed by atoms with Crippen LogP contribution in [0.5, 0.6) is 0 Å². The molecule has 1 rings (SSSR count). The molecule has 0 radical (unpaired) electrons. The van der Waals surface area contributed by atoms with Gasteiger partial charge in [-0.3, -0.25) is 0 Å². The van der Waals surface area contributed by atoms with Crippen LogP contribution in [0.4, 0.5) is 0 Å². The molecule has 0 saturated heterocycles. The lowest BCUT2D eigenvalue weighted by molar-refractivity contribution is -0.109. The Bertz CT molecular complexity index is 204. The van der Waals surface area contributed by atoms with E-state index in [0.29, 0.717) is 0 Å². The number of aldehydes is 1. The molecular weight excluding hydrogens is 183 g/mol. The van der Waals surface area contributed by atoms with Crippen LogP contribution in [0.25, 0.3) is 0 Å². The number of halogens is 2. The van der Waals surface area contributed by atoms with Crippen molar-refractivity contribution in [2.75, 3.05) is 0 Å². The zero-order valence-corrected chi connectivity index (χ0v) is 7.99. The van der Waals surface area contributed by atoms with E-state index in [9.17, 15) is 4.79 Å². The molecule has 1 aliphatic rings. The SMILES string of the molecule is CC1(C)[C@H](C=O)[C@H]1C=C(Cl)Cl. The number of hydrogen-bond donors (Lipinski definition) is 0. The molecule has 0 aromatic heterocycles. The maximum Gasteiger partial charge on any atom is 0.124 e. The third-order valence-corrected chi connectivity index (χ3v) is 2.70. The first kappa shape index (κ1) is 9.08. The highest BCUT2D eigenvalue weighted by Gasteiger charge is 2.56. The molecule has 0 aromatic rings. The van der Waals surface area contributed by atoms with Gasteiger partial charge in [-0.25, -0.2) is 0 Å². The molecule has 0 aromatic carbocycles. The van der Waals surface area contributed by atoms with Gasteiger partial charge in [0.05, 0.1) is 0 Å². The minimum absolute atomic E-state index is 0.0524. The number of allylic oxidation sites excluding steroid dienone is 1. The lowest BCUT2D eigenvalue weighted by atomic mass is 10.1. The van der Waals surface area contributed by atoms with Crippen molar-refractivity contribution in [3.05, 3.63) is 10.6 Å². The van der Waals surface area contributed by atoms with E-state index in [1.165, 1.54) is 0 Å². The first-order valence-corrected chi connectivity index (χ1v) is 4.24. The molecule has 0 aliphatic heterocycles.